The molecule has 6 heteroatoms. The lowest BCUT2D eigenvalue weighted by Gasteiger charge is -2.34. The van der Waals surface area contributed by atoms with Crippen LogP contribution in [0.3, 0.4) is 0 Å². The average Bonchev–Trinajstić information content (AvgIpc) is 2.24. The van der Waals surface area contributed by atoms with Crippen LogP contribution in [0.1, 0.15) is 27.7 Å². The summed E-state index contributed by atoms with van der Waals surface area (Å²) in [4.78, 5) is 25.4. The molecule has 106 valence electrons. The van der Waals surface area contributed by atoms with Gasteiger partial charge in [-0.1, -0.05) is 20.8 Å². The number of piperazine rings is 1. The number of rotatable bonds is 2. The Kier molecular flexibility index (Phi) is 6.63. The maximum absolute atomic E-state index is 11.9. The van der Waals surface area contributed by atoms with Crippen LogP contribution >= 0.6 is 12.4 Å². The molecule has 1 aliphatic rings. The van der Waals surface area contributed by atoms with E-state index < -0.39 is 5.41 Å². The zero-order chi connectivity index (χ0) is 13.1. The van der Waals surface area contributed by atoms with Crippen LogP contribution in [0.15, 0.2) is 0 Å². The zero-order valence-electron chi connectivity index (χ0n) is 11.6. The molecule has 0 radical (unpaired) electrons. The van der Waals surface area contributed by atoms with E-state index in [4.69, 9.17) is 0 Å². The number of halogens is 1. The zero-order valence-corrected chi connectivity index (χ0v) is 12.4. The largest absolute Gasteiger partial charge is 0.347 e. The number of hydrogen-bond acceptors (Lipinski definition) is 3. The first-order chi connectivity index (χ1) is 7.82. The fourth-order valence-corrected chi connectivity index (χ4v) is 1.73. The van der Waals surface area contributed by atoms with Gasteiger partial charge in [-0.2, -0.15) is 0 Å². The molecule has 1 aliphatic heterocycles. The van der Waals surface area contributed by atoms with Crippen LogP contribution in [0.4, 0.5) is 0 Å². The maximum atomic E-state index is 11.9. The van der Waals surface area contributed by atoms with E-state index in [1.165, 1.54) is 0 Å². The molecule has 0 aliphatic carbocycles. The molecule has 2 N–H and O–H groups in total. The number of amides is 2. The van der Waals surface area contributed by atoms with Crippen molar-refractivity contribution in [3.63, 3.8) is 0 Å². The van der Waals surface area contributed by atoms with Gasteiger partial charge in [0.1, 0.15) is 0 Å². The fraction of sp³-hybridized carbons (Fsp3) is 0.833. The van der Waals surface area contributed by atoms with Crippen LogP contribution in [-0.2, 0) is 9.59 Å². The highest BCUT2D eigenvalue weighted by Crippen LogP contribution is 2.12. The molecule has 0 spiro atoms. The summed E-state index contributed by atoms with van der Waals surface area (Å²) in [5.41, 5.74) is -0.449. The van der Waals surface area contributed by atoms with Crippen molar-refractivity contribution < 1.29 is 9.59 Å². The molecule has 2 amide bonds. The van der Waals surface area contributed by atoms with Crippen molar-refractivity contribution in [3.8, 4) is 0 Å². The molecular weight excluding hydrogens is 254 g/mol. The quantitative estimate of drug-likeness (QED) is 0.768. The number of carbonyl (C=O) groups excluding carboxylic acids is 2. The van der Waals surface area contributed by atoms with Gasteiger partial charge in [-0.15, -0.1) is 12.4 Å². The number of nitrogens with one attached hydrogen (secondary N) is 2. The topological polar surface area (TPSA) is 61.4 Å². The first-order valence-corrected chi connectivity index (χ1v) is 6.11. The predicted octanol–water partition coefficient (Wildman–Crippen LogP) is 0.391. The van der Waals surface area contributed by atoms with Gasteiger partial charge in [-0.3, -0.25) is 9.59 Å². The molecule has 1 saturated heterocycles. The Morgan fingerprint density at radius 2 is 2.00 bits per heavy atom. The summed E-state index contributed by atoms with van der Waals surface area (Å²) in [5, 5.41) is 5.92. The Balaban J connectivity index is 0.00000289. The minimum Gasteiger partial charge on any atom is -0.347 e. The van der Waals surface area contributed by atoms with E-state index in [0.29, 0.717) is 6.54 Å². The third kappa shape index (κ3) is 4.82. The lowest BCUT2D eigenvalue weighted by molar-refractivity contribution is -0.137. The smallest absolute Gasteiger partial charge is 0.242 e. The van der Waals surface area contributed by atoms with Crippen molar-refractivity contribution in [1.82, 2.24) is 15.5 Å². The molecule has 0 aromatic rings. The minimum atomic E-state index is -0.449. The Morgan fingerprint density at radius 3 is 2.50 bits per heavy atom. The SMILES string of the molecule is C[C@H]1CNCCN1C(=O)CNC(=O)C(C)(C)C.Cl. The molecular formula is C12H24ClN3O2. The molecule has 0 aromatic carbocycles. The minimum absolute atomic E-state index is 0. The van der Waals surface area contributed by atoms with Crippen LogP contribution in [0.25, 0.3) is 0 Å². The van der Waals surface area contributed by atoms with Crippen LogP contribution in [0, 0.1) is 5.41 Å². The molecule has 1 atom stereocenters. The van der Waals surface area contributed by atoms with Gasteiger partial charge in [0, 0.05) is 31.1 Å². The van der Waals surface area contributed by atoms with Crippen LogP contribution in [0.2, 0.25) is 0 Å². The Bertz CT molecular complexity index is 302. The van der Waals surface area contributed by atoms with Gasteiger partial charge >= 0.3 is 0 Å². The third-order valence-electron chi connectivity index (χ3n) is 2.90. The predicted molar refractivity (Wildman–Crippen MR) is 73.8 cm³/mol. The Hall–Kier alpha value is -0.810. The second-order valence-corrected chi connectivity index (χ2v) is 5.57. The first-order valence-electron chi connectivity index (χ1n) is 6.11. The van der Waals surface area contributed by atoms with Gasteiger partial charge in [-0.25, -0.2) is 0 Å². The molecule has 0 unspecified atom stereocenters. The van der Waals surface area contributed by atoms with E-state index >= 15 is 0 Å². The average molecular weight is 278 g/mol. The standard InChI is InChI=1S/C12H23N3O2.ClH/c1-9-7-13-5-6-15(9)10(16)8-14-11(17)12(2,3)4;/h9,13H,5-8H2,1-4H3,(H,14,17);1H/t9-;/m0./s1. The van der Waals surface area contributed by atoms with Crippen molar-refractivity contribution in [2.45, 2.75) is 33.7 Å². The van der Waals surface area contributed by atoms with E-state index in [2.05, 4.69) is 10.6 Å². The highest BCUT2D eigenvalue weighted by atomic mass is 35.5. The normalized spacial score (nSPS) is 20.0. The van der Waals surface area contributed by atoms with Gasteiger partial charge in [0.15, 0.2) is 0 Å². The van der Waals surface area contributed by atoms with Crippen molar-refractivity contribution >= 4 is 24.2 Å². The van der Waals surface area contributed by atoms with Crippen molar-refractivity contribution in [2.24, 2.45) is 5.41 Å². The number of hydrogen-bond donors (Lipinski definition) is 2. The van der Waals surface area contributed by atoms with Crippen molar-refractivity contribution in [3.05, 3.63) is 0 Å². The summed E-state index contributed by atoms with van der Waals surface area (Å²) in [5.74, 6) is -0.0924. The summed E-state index contributed by atoms with van der Waals surface area (Å²) in [6.45, 7) is 9.96. The van der Waals surface area contributed by atoms with Gasteiger partial charge < -0.3 is 15.5 Å². The monoisotopic (exact) mass is 277 g/mol. The summed E-state index contributed by atoms with van der Waals surface area (Å²) < 4.78 is 0. The summed E-state index contributed by atoms with van der Waals surface area (Å²) >= 11 is 0. The highest BCUT2D eigenvalue weighted by molar-refractivity contribution is 5.87. The van der Waals surface area contributed by atoms with Crippen LogP contribution in [-0.4, -0.2) is 48.9 Å². The summed E-state index contributed by atoms with van der Waals surface area (Å²) in [6.07, 6.45) is 0. The molecule has 0 saturated carbocycles. The van der Waals surface area contributed by atoms with Gasteiger partial charge in [-0.05, 0) is 6.92 Å². The second-order valence-electron chi connectivity index (χ2n) is 5.57. The highest BCUT2D eigenvalue weighted by Gasteiger charge is 2.25. The molecule has 0 aromatic heterocycles. The first kappa shape index (κ1) is 17.2. The van der Waals surface area contributed by atoms with E-state index in [1.54, 1.807) is 0 Å². The molecule has 1 fully saturated rings. The lowest BCUT2D eigenvalue weighted by Crippen LogP contribution is -2.55. The van der Waals surface area contributed by atoms with Gasteiger partial charge in [0.05, 0.1) is 6.54 Å². The molecule has 18 heavy (non-hydrogen) atoms. The van der Waals surface area contributed by atoms with Gasteiger partial charge in [0.25, 0.3) is 0 Å². The number of carbonyl (C=O) groups is 2. The Labute approximate surface area is 115 Å². The molecule has 1 rings (SSSR count). The van der Waals surface area contributed by atoms with E-state index in [9.17, 15) is 9.59 Å². The molecule has 0 bridgehead atoms. The van der Waals surface area contributed by atoms with Gasteiger partial charge in [0.2, 0.25) is 11.8 Å². The Morgan fingerprint density at radius 1 is 1.39 bits per heavy atom. The second kappa shape index (κ2) is 6.95. The van der Waals surface area contributed by atoms with E-state index in [-0.39, 0.29) is 36.8 Å². The van der Waals surface area contributed by atoms with Crippen molar-refractivity contribution in [1.29, 1.82) is 0 Å². The maximum Gasteiger partial charge on any atom is 0.242 e. The third-order valence-corrected chi connectivity index (χ3v) is 2.90. The van der Waals surface area contributed by atoms with E-state index in [0.717, 1.165) is 13.1 Å². The number of nitrogens with zero attached hydrogens (tertiary/aromatic N) is 1. The lowest BCUT2D eigenvalue weighted by atomic mass is 9.96. The summed E-state index contributed by atoms with van der Waals surface area (Å²) in [7, 11) is 0. The van der Waals surface area contributed by atoms with E-state index in [1.807, 2.05) is 32.6 Å². The van der Waals surface area contributed by atoms with Crippen molar-refractivity contribution in [2.75, 3.05) is 26.2 Å². The summed E-state index contributed by atoms with van der Waals surface area (Å²) in [6, 6.07) is 0.197. The fourth-order valence-electron chi connectivity index (χ4n) is 1.73. The van der Waals surface area contributed by atoms with Crippen LogP contribution < -0.4 is 10.6 Å². The molecule has 1 heterocycles. The molecule has 5 nitrogen and oxygen atoms in total. The van der Waals surface area contributed by atoms with Crippen LogP contribution in [0.5, 0.6) is 0 Å².